The summed E-state index contributed by atoms with van der Waals surface area (Å²) in [4.78, 5) is 23.6. The molecule has 104 valence electrons. The van der Waals surface area contributed by atoms with Crippen LogP contribution in [0.4, 0.5) is 11.4 Å². The maximum Gasteiger partial charge on any atom is 0.292 e. The van der Waals surface area contributed by atoms with Gasteiger partial charge < -0.3 is 15.0 Å². The highest BCUT2D eigenvalue weighted by Gasteiger charge is 2.17. The first kappa shape index (κ1) is 14.9. The minimum absolute atomic E-state index is 0.0635. The Hall–Kier alpha value is -2.15. The first-order valence-electron chi connectivity index (χ1n) is 5.70. The molecule has 1 N–H and O–H groups in total. The van der Waals surface area contributed by atoms with Crippen molar-refractivity contribution < 1.29 is 14.5 Å². The van der Waals surface area contributed by atoms with Gasteiger partial charge in [-0.15, -0.1) is 0 Å². The molecule has 1 rings (SSSR count). The van der Waals surface area contributed by atoms with E-state index in [2.05, 4.69) is 5.32 Å². The van der Waals surface area contributed by atoms with Crippen LogP contribution in [-0.4, -0.2) is 50.1 Å². The fourth-order valence-corrected chi connectivity index (χ4v) is 1.52. The van der Waals surface area contributed by atoms with Gasteiger partial charge in [0.2, 0.25) is 0 Å². The summed E-state index contributed by atoms with van der Waals surface area (Å²) in [5.41, 5.74) is 0.650. The summed E-state index contributed by atoms with van der Waals surface area (Å²) in [6, 6.07) is 4.25. The lowest BCUT2D eigenvalue weighted by atomic mass is 10.1. The molecule has 0 unspecified atom stereocenters. The number of carbonyl (C=O) groups is 1. The fraction of sp³-hybridized carbons (Fsp3) is 0.417. The summed E-state index contributed by atoms with van der Waals surface area (Å²) in [6.07, 6.45) is 0. The Morgan fingerprint density at radius 1 is 1.47 bits per heavy atom. The number of carbonyl (C=O) groups excluding carboxylic acids is 1. The number of nitro benzene ring substituents is 1. The second-order valence-electron chi connectivity index (χ2n) is 4.11. The van der Waals surface area contributed by atoms with Crippen molar-refractivity contribution in [1.82, 2.24) is 4.90 Å². The lowest BCUT2D eigenvalue weighted by Gasteiger charge is -2.12. The second kappa shape index (κ2) is 6.69. The third-order valence-electron chi connectivity index (χ3n) is 2.47. The highest BCUT2D eigenvalue weighted by atomic mass is 16.6. The van der Waals surface area contributed by atoms with E-state index in [1.165, 1.54) is 23.1 Å². The van der Waals surface area contributed by atoms with E-state index in [-0.39, 0.29) is 11.6 Å². The van der Waals surface area contributed by atoms with E-state index in [1.807, 2.05) is 0 Å². The third-order valence-corrected chi connectivity index (χ3v) is 2.47. The summed E-state index contributed by atoms with van der Waals surface area (Å²) in [7, 11) is 4.80. The van der Waals surface area contributed by atoms with Gasteiger partial charge in [0.25, 0.3) is 11.6 Å². The zero-order valence-electron chi connectivity index (χ0n) is 11.2. The van der Waals surface area contributed by atoms with Gasteiger partial charge in [0, 0.05) is 39.4 Å². The maximum absolute atomic E-state index is 11.8. The van der Waals surface area contributed by atoms with Crippen LogP contribution in [0.25, 0.3) is 0 Å². The van der Waals surface area contributed by atoms with Crippen molar-refractivity contribution in [1.29, 1.82) is 0 Å². The predicted octanol–water partition coefficient (Wildman–Crippen LogP) is 1.35. The predicted molar refractivity (Wildman–Crippen MR) is 71.5 cm³/mol. The molecule has 1 aromatic rings. The minimum Gasteiger partial charge on any atom is -0.383 e. The molecule has 7 heteroatoms. The molecule has 0 fully saturated rings. The molecule has 0 aliphatic rings. The normalized spacial score (nSPS) is 10.1. The van der Waals surface area contributed by atoms with Crippen LogP contribution in [-0.2, 0) is 4.74 Å². The van der Waals surface area contributed by atoms with Gasteiger partial charge in [-0.2, -0.15) is 0 Å². The molecule has 7 nitrogen and oxygen atoms in total. The van der Waals surface area contributed by atoms with E-state index in [4.69, 9.17) is 4.74 Å². The van der Waals surface area contributed by atoms with E-state index in [1.54, 1.807) is 21.2 Å². The molecular weight excluding hydrogens is 250 g/mol. The Bertz CT molecular complexity index is 474. The molecule has 0 atom stereocenters. The highest BCUT2D eigenvalue weighted by Crippen LogP contribution is 2.25. The van der Waals surface area contributed by atoms with Gasteiger partial charge in [0.1, 0.15) is 5.69 Å². The van der Waals surface area contributed by atoms with Gasteiger partial charge in [-0.25, -0.2) is 0 Å². The lowest BCUT2D eigenvalue weighted by molar-refractivity contribution is -0.384. The first-order valence-corrected chi connectivity index (χ1v) is 5.70. The van der Waals surface area contributed by atoms with Crippen LogP contribution in [0.2, 0.25) is 0 Å². The van der Waals surface area contributed by atoms with Crippen LogP contribution in [0.1, 0.15) is 10.4 Å². The quantitative estimate of drug-likeness (QED) is 0.478. The highest BCUT2D eigenvalue weighted by molar-refractivity contribution is 5.95. The van der Waals surface area contributed by atoms with Crippen LogP contribution in [0, 0.1) is 10.1 Å². The average Bonchev–Trinajstić information content (AvgIpc) is 2.37. The van der Waals surface area contributed by atoms with Crippen molar-refractivity contribution >= 4 is 17.3 Å². The molecule has 0 aromatic heterocycles. The summed E-state index contributed by atoms with van der Waals surface area (Å²) < 4.78 is 4.87. The molecule has 0 spiro atoms. The first-order chi connectivity index (χ1) is 8.97. The van der Waals surface area contributed by atoms with Crippen molar-refractivity contribution in [2.24, 2.45) is 0 Å². The third kappa shape index (κ3) is 3.92. The average molecular weight is 267 g/mol. The number of anilines is 1. The Balaban J connectivity index is 3.03. The molecule has 0 heterocycles. The number of nitrogens with zero attached hydrogens (tertiary/aromatic N) is 2. The number of methoxy groups -OCH3 is 1. The van der Waals surface area contributed by atoms with Crippen molar-refractivity contribution in [2.45, 2.75) is 0 Å². The molecule has 0 radical (unpaired) electrons. The number of benzene rings is 1. The Morgan fingerprint density at radius 3 is 2.68 bits per heavy atom. The van der Waals surface area contributed by atoms with Gasteiger partial charge >= 0.3 is 0 Å². The van der Waals surface area contributed by atoms with Crippen molar-refractivity contribution in [3.8, 4) is 0 Å². The molecular formula is C12H17N3O4. The van der Waals surface area contributed by atoms with E-state index in [0.717, 1.165) is 0 Å². The lowest BCUT2D eigenvalue weighted by Crippen LogP contribution is -2.22. The number of hydrogen-bond donors (Lipinski definition) is 1. The molecule has 0 aliphatic heterocycles. The standard InChI is InChI=1S/C12H17N3O4/c1-14(2)12(16)9-4-5-11(15(17)18)10(8-9)13-6-7-19-3/h4-5,8,13H,6-7H2,1-3H3. The number of nitro groups is 1. The number of rotatable bonds is 6. The van der Waals surface area contributed by atoms with Crippen LogP contribution < -0.4 is 5.32 Å². The van der Waals surface area contributed by atoms with Gasteiger partial charge in [-0.05, 0) is 12.1 Å². The smallest absolute Gasteiger partial charge is 0.292 e. The van der Waals surface area contributed by atoms with Gasteiger partial charge in [0.15, 0.2) is 0 Å². The second-order valence-corrected chi connectivity index (χ2v) is 4.11. The molecule has 1 amide bonds. The van der Waals surface area contributed by atoms with E-state index >= 15 is 0 Å². The van der Waals surface area contributed by atoms with Crippen LogP contribution >= 0.6 is 0 Å². The van der Waals surface area contributed by atoms with Crippen molar-refractivity contribution in [3.63, 3.8) is 0 Å². The molecule has 0 aliphatic carbocycles. The molecule has 0 bridgehead atoms. The van der Waals surface area contributed by atoms with E-state index in [9.17, 15) is 14.9 Å². The summed E-state index contributed by atoms with van der Waals surface area (Å²) in [5, 5.41) is 13.8. The molecule has 1 aromatic carbocycles. The zero-order valence-corrected chi connectivity index (χ0v) is 11.2. The maximum atomic E-state index is 11.8. The molecule has 0 saturated carbocycles. The summed E-state index contributed by atoms with van der Waals surface area (Å²) >= 11 is 0. The summed E-state index contributed by atoms with van der Waals surface area (Å²) in [6.45, 7) is 0.847. The Labute approximate surface area is 111 Å². The fourth-order valence-electron chi connectivity index (χ4n) is 1.52. The number of amides is 1. The largest absolute Gasteiger partial charge is 0.383 e. The van der Waals surface area contributed by atoms with E-state index in [0.29, 0.717) is 24.4 Å². The minimum atomic E-state index is -0.487. The zero-order chi connectivity index (χ0) is 14.4. The Morgan fingerprint density at radius 2 is 2.16 bits per heavy atom. The van der Waals surface area contributed by atoms with Gasteiger partial charge in [-0.1, -0.05) is 0 Å². The Kier molecular flexibility index (Phi) is 5.25. The van der Waals surface area contributed by atoms with Crippen molar-refractivity contribution in [3.05, 3.63) is 33.9 Å². The SMILES string of the molecule is COCCNc1cc(C(=O)N(C)C)ccc1[N+](=O)[O-]. The van der Waals surface area contributed by atoms with Crippen LogP contribution in [0.5, 0.6) is 0 Å². The van der Waals surface area contributed by atoms with E-state index < -0.39 is 4.92 Å². The molecule has 0 saturated heterocycles. The summed E-state index contributed by atoms with van der Waals surface area (Å²) in [5.74, 6) is -0.204. The van der Waals surface area contributed by atoms with Crippen molar-refractivity contribution in [2.75, 3.05) is 39.7 Å². The van der Waals surface area contributed by atoms with Gasteiger partial charge in [0.05, 0.1) is 11.5 Å². The van der Waals surface area contributed by atoms with Gasteiger partial charge in [-0.3, -0.25) is 14.9 Å². The molecule has 19 heavy (non-hydrogen) atoms. The number of nitrogens with one attached hydrogen (secondary N) is 1. The number of ether oxygens (including phenoxy) is 1. The van der Waals surface area contributed by atoms with Crippen LogP contribution in [0.3, 0.4) is 0 Å². The van der Waals surface area contributed by atoms with Crippen LogP contribution in [0.15, 0.2) is 18.2 Å². The topological polar surface area (TPSA) is 84.7 Å². The number of hydrogen-bond acceptors (Lipinski definition) is 5. The monoisotopic (exact) mass is 267 g/mol.